The van der Waals surface area contributed by atoms with Crippen molar-refractivity contribution in [3.05, 3.63) is 105 Å². The number of hydrogen-bond acceptors (Lipinski definition) is 7. The Labute approximate surface area is 174 Å². The predicted molar refractivity (Wildman–Crippen MR) is 105 cm³/mol. The van der Waals surface area contributed by atoms with Crippen LogP contribution in [0, 0.1) is 10.1 Å². The van der Waals surface area contributed by atoms with Gasteiger partial charge >= 0.3 is 0 Å². The molecule has 1 aliphatic rings. The number of ketones is 1. The van der Waals surface area contributed by atoms with Gasteiger partial charge in [0.25, 0.3) is 23.4 Å². The maximum Gasteiger partial charge on any atom is 0.280 e. The number of nitro benzene ring substituents is 1. The van der Waals surface area contributed by atoms with Crippen molar-refractivity contribution in [1.82, 2.24) is 15.4 Å². The van der Waals surface area contributed by atoms with E-state index >= 15 is 0 Å². The Hall–Kier alpha value is -4.73. The van der Waals surface area contributed by atoms with Crippen LogP contribution >= 0.6 is 0 Å². The lowest BCUT2D eigenvalue weighted by Gasteiger charge is -2.14. The number of hydrazine groups is 1. The summed E-state index contributed by atoms with van der Waals surface area (Å²) in [6, 6.07) is 12.0. The van der Waals surface area contributed by atoms with Gasteiger partial charge in [-0.1, -0.05) is 18.2 Å². The molecule has 10 heteroatoms. The normalized spacial score (nSPS) is 12.5. The van der Waals surface area contributed by atoms with E-state index in [1.54, 1.807) is 0 Å². The van der Waals surface area contributed by atoms with Gasteiger partial charge in [0.05, 0.1) is 21.6 Å². The standard InChI is InChI=1S/C21H12N4O6/c26-18(12-3-1-5-15(9-12)25(30)31)13-6-7-16-17(10-13)21(29)24(20(16)28)23-19(27)14-4-2-8-22-11-14/h1-11H,(H,23,27). The molecule has 152 valence electrons. The smallest absolute Gasteiger partial charge is 0.280 e. The quantitative estimate of drug-likeness (QED) is 0.291. The maximum atomic E-state index is 12.7. The van der Waals surface area contributed by atoms with E-state index in [1.807, 2.05) is 0 Å². The minimum absolute atomic E-state index is 0.0204. The Kier molecular flexibility index (Phi) is 4.80. The molecule has 10 nitrogen and oxygen atoms in total. The number of benzene rings is 2. The first-order chi connectivity index (χ1) is 14.9. The molecular formula is C21H12N4O6. The molecular weight excluding hydrogens is 404 g/mol. The number of rotatable bonds is 5. The van der Waals surface area contributed by atoms with Crippen molar-refractivity contribution < 1.29 is 24.1 Å². The Bertz CT molecular complexity index is 1270. The van der Waals surface area contributed by atoms with Gasteiger partial charge in [0, 0.05) is 35.7 Å². The van der Waals surface area contributed by atoms with Crippen LogP contribution in [-0.2, 0) is 0 Å². The number of non-ortho nitro benzene ring substituents is 1. The molecule has 0 saturated heterocycles. The number of nitrogens with one attached hydrogen (secondary N) is 1. The van der Waals surface area contributed by atoms with Gasteiger partial charge in [0.15, 0.2) is 5.78 Å². The molecule has 1 aromatic heterocycles. The lowest BCUT2D eigenvalue weighted by atomic mass is 9.99. The van der Waals surface area contributed by atoms with Gasteiger partial charge in [0.1, 0.15) is 0 Å². The van der Waals surface area contributed by atoms with Crippen molar-refractivity contribution >= 4 is 29.2 Å². The zero-order valence-electron chi connectivity index (χ0n) is 15.6. The van der Waals surface area contributed by atoms with Gasteiger partial charge in [0.2, 0.25) is 0 Å². The number of fused-ring (bicyclic) bond motifs is 1. The fourth-order valence-electron chi connectivity index (χ4n) is 3.07. The number of imide groups is 1. The van der Waals surface area contributed by atoms with Crippen LogP contribution in [0.4, 0.5) is 5.69 Å². The lowest BCUT2D eigenvalue weighted by Crippen LogP contribution is -2.45. The maximum absolute atomic E-state index is 12.7. The van der Waals surface area contributed by atoms with Crippen LogP contribution in [0.5, 0.6) is 0 Å². The van der Waals surface area contributed by atoms with Crippen LogP contribution in [0.1, 0.15) is 47.0 Å². The van der Waals surface area contributed by atoms with Crippen molar-refractivity contribution in [2.24, 2.45) is 0 Å². The van der Waals surface area contributed by atoms with E-state index < -0.39 is 28.4 Å². The first-order valence-electron chi connectivity index (χ1n) is 8.90. The van der Waals surface area contributed by atoms with Crippen LogP contribution in [0.15, 0.2) is 67.0 Å². The van der Waals surface area contributed by atoms with Crippen molar-refractivity contribution in [2.45, 2.75) is 0 Å². The highest BCUT2D eigenvalue weighted by atomic mass is 16.6. The van der Waals surface area contributed by atoms with Crippen LogP contribution < -0.4 is 5.43 Å². The average molecular weight is 416 g/mol. The first kappa shape index (κ1) is 19.6. The van der Waals surface area contributed by atoms with Crippen molar-refractivity contribution in [1.29, 1.82) is 0 Å². The van der Waals surface area contributed by atoms with Gasteiger partial charge in [-0.2, -0.15) is 5.01 Å². The van der Waals surface area contributed by atoms with Crippen molar-refractivity contribution in [3.63, 3.8) is 0 Å². The third-order valence-electron chi connectivity index (χ3n) is 4.60. The SMILES string of the molecule is O=C(NN1C(=O)c2ccc(C(=O)c3cccc([N+](=O)[O-])c3)cc2C1=O)c1cccnc1. The molecule has 0 radical (unpaired) electrons. The van der Waals surface area contributed by atoms with E-state index in [0.29, 0.717) is 5.01 Å². The zero-order valence-corrected chi connectivity index (χ0v) is 15.6. The summed E-state index contributed by atoms with van der Waals surface area (Å²) >= 11 is 0. The van der Waals surface area contributed by atoms with E-state index in [1.165, 1.54) is 60.9 Å². The Morgan fingerprint density at radius 1 is 0.903 bits per heavy atom. The molecule has 1 N–H and O–H groups in total. The van der Waals surface area contributed by atoms with Crippen molar-refractivity contribution in [2.75, 3.05) is 0 Å². The number of aromatic nitrogens is 1. The zero-order chi connectivity index (χ0) is 22.1. The van der Waals surface area contributed by atoms with E-state index in [0.717, 1.165) is 6.07 Å². The summed E-state index contributed by atoms with van der Waals surface area (Å²) in [6.07, 6.45) is 2.75. The lowest BCUT2D eigenvalue weighted by molar-refractivity contribution is -0.384. The highest BCUT2D eigenvalue weighted by Crippen LogP contribution is 2.25. The third-order valence-corrected chi connectivity index (χ3v) is 4.60. The van der Waals surface area contributed by atoms with Crippen LogP contribution in [-0.4, -0.2) is 38.4 Å². The number of amides is 3. The number of hydrogen-bond donors (Lipinski definition) is 1. The van der Waals surface area contributed by atoms with Crippen LogP contribution in [0.3, 0.4) is 0 Å². The molecule has 1 aliphatic heterocycles. The minimum Gasteiger partial charge on any atom is -0.289 e. The number of nitro groups is 1. The van der Waals surface area contributed by atoms with Gasteiger partial charge in [-0.3, -0.25) is 39.7 Å². The highest BCUT2D eigenvalue weighted by molar-refractivity contribution is 6.23. The van der Waals surface area contributed by atoms with Crippen LogP contribution in [0.2, 0.25) is 0 Å². The molecule has 0 unspecified atom stereocenters. The molecule has 0 spiro atoms. The average Bonchev–Trinajstić information content (AvgIpc) is 3.03. The van der Waals surface area contributed by atoms with E-state index in [4.69, 9.17) is 0 Å². The topological polar surface area (TPSA) is 140 Å². The van der Waals surface area contributed by atoms with E-state index in [2.05, 4.69) is 10.4 Å². The summed E-state index contributed by atoms with van der Waals surface area (Å²) in [5, 5.41) is 11.5. The molecule has 4 rings (SSSR count). The second-order valence-electron chi connectivity index (χ2n) is 6.53. The largest absolute Gasteiger partial charge is 0.289 e. The number of carbonyl (C=O) groups is 4. The summed E-state index contributed by atoms with van der Waals surface area (Å²) < 4.78 is 0. The fraction of sp³-hybridized carbons (Fsp3) is 0. The number of carbonyl (C=O) groups excluding carboxylic acids is 4. The Balaban J connectivity index is 1.61. The monoisotopic (exact) mass is 416 g/mol. The van der Waals surface area contributed by atoms with E-state index in [9.17, 15) is 29.3 Å². The molecule has 0 fully saturated rings. The third kappa shape index (κ3) is 3.53. The van der Waals surface area contributed by atoms with Crippen LogP contribution in [0.25, 0.3) is 0 Å². The molecule has 0 atom stereocenters. The summed E-state index contributed by atoms with van der Waals surface area (Å²) in [4.78, 5) is 64.4. The second-order valence-corrected chi connectivity index (χ2v) is 6.53. The van der Waals surface area contributed by atoms with Gasteiger partial charge in [-0.15, -0.1) is 0 Å². The van der Waals surface area contributed by atoms with Gasteiger partial charge < -0.3 is 0 Å². The first-order valence-corrected chi connectivity index (χ1v) is 8.90. The number of nitrogens with zero attached hydrogens (tertiary/aromatic N) is 3. The molecule has 0 aliphatic carbocycles. The van der Waals surface area contributed by atoms with Gasteiger partial charge in [-0.25, -0.2) is 0 Å². The molecule has 3 amide bonds. The summed E-state index contributed by atoms with van der Waals surface area (Å²) in [6.45, 7) is 0. The molecule has 0 bridgehead atoms. The fourth-order valence-corrected chi connectivity index (χ4v) is 3.07. The number of pyridine rings is 1. The summed E-state index contributed by atoms with van der Waals surface area (Å²) in [5.41, 5.74) is 2.23. The Morgan fingerprint density at radius 2 is 1.61 bits per heavy atom. The van der Waals surface area contributed by atoms with Crippen molar-refractivity contribution in [3.8, 4) is 0 Å². The second kappa shape index (κ2) is 7.59. The minimum atomic E-state index is -0.800. The molecule has 2 aromatic carbocycles. The molecule has 3 aromatic rings. The highest BCUT2D eigenvalue weighted by Gasteiger charge is 2.37. The predicted octanol–water partition coefficient (Wildman–Crippen LogP) is 2.16. The van der Waals surface area contributed by atoms with E-state index in [-0.39, 0.29) is 33.5 Å². The summed E-state index contributed by atoms with van der Waals surface area (Å²) in [5.74, 6) is -2.79. The van der Waals surface area contributed by atoms with Gasteiger partial charge in [-0.05, 0) is 24.3 Å². The summed E-state index contributed by atoms with van der Waals surface area (Å²) in [7, 11) is 0. The molecule has 0 saturated carbocycles. The molecule has 31 heavy (non-hydrogen) atoms. The Morgan fingerprint density at radius 3 is 2.32 bits per heavy atom. The molecule has 2 heterocycles.